The Morgan fingerprint density at radius 2 is 1.86 bits per heavy atom. The molecule has 2 aromatic carbocycles. The zero-order valence-electron chi connectivity index (χ0n) is 16.1. The molecule has 0 aromatic heterocycles. The zero-order chi connectivity index (χ0) is 20.1. The molecule has 0 saturated heterocycles. The molecule has 2 aromatic rings. The molecule has 1 aliphatic rings. The third-order valence-electron chi connectivity index (χ3n) is 5.50. The van der Waals surface area contributed by atoms with Crippen molar-refractivity contribution in [3.8, 4) is 5.75 Å². The smallest absolute Gasteiger partial charge is 0.406 e. The third-order valence-corrected chi connectivity index (χ3v) is 5.50. The lowest BCUT2D eigenvalue weighted by molar-refractivity contribution is -0.274. The highest BCUT2D eigenvalue weighted by molar-refractivity contribution is 5.37. The van der Waals surface area contributed by atoms with Crippen molar-refractivity contribution in [3.05, 3.63) is 64.5 Å². The van der Waals surface area contributed by atoms with E-state index >= 15 is 0 Å². The first-order valence-corrected chi connectivity index (χ1v) is 9.99. The predicted octanol–water partition coefficient (Wildman–Crippen LogP) is 6.80. The molecule has 0 spiro atoms. The Hall–Kier alpha value is -2.04. The predicted molar refractivity (Wildman–Crippen MR) is 102 cm³/mol. The number of ether oxygens (including phenoxy) is 1. The average Bonchev–Trinajstić information content (AvgIpc) is 2.64. The van der Waals surface area contributed by atoms with Gasteiger partial charge in [-0.2, -0.15) is 0 Å². The number of rotatable bonds is 7. The van der Waals surface area contributed by atoms with Crippen molar-refractivity contribution in [1.82, 2.24) is 0 Å². The Morgan fingerprint density at radius 3 is 2.57 bits per heavy atom. The number of fused-ring (bicyclic) bond motifs is 1. The summed E-state index contributed by atoms with van der Waals surface area (Å²) in [5.41, 5.74) is 3.79. The standard InChI is InChI=1S/C23H26F4O/c1-2-3-4-16-5-8-18(22(24)14-16)9-6-17-7-10-20-15-21(28-23(25,26)27)12-11-19(20)13-17/h5,8,11-12,14-15,17H,2-4,6-7,9-10,13H2,1H3. The van der Waals surface area contributed by atoms with Crippen LogP contribution < -0.4 is 4.74 Å². The molecule has 0 fully saturated rings. The van der Waals surface area contributed by atoms with Gasteiger partial charge in [0.25, 0.3) is 0 Å². The van der Waals surface area contributed by atoms with Crippen LogP contribution >= 0.6 is 0 Å². The molecule has 0 N–H and O–H groups in total. The number of aryl methyl sites for hydroxylation is 3. The van der Waals surface area contributed by atoms with Gasteiger partial charge < -0.3 is 4.74 Å². The van der Waals surface area contributed by atoms with Crippen molar-refractivity contribution < 1.29 is 22.3 Å². The van der Waals surface area contributed by atoms with E-state index in [2.05, 4.69) is 11.7 Å². The van der Waals surface area contributed by atoms with Crippen LogP contribution in [0.1, 0.15) is 54.9 Å². The van der Waals surface area contributed by atoms with Gasteiger partial charge in [0.15, 0.2) is 0 Å². The number of alkyl halides is 3. The fourth-order valence-corrected chi connectivity index (χ4v) is 3.94. The Kier molecular flexibility index (Phi) is 6.63. The minimum atomic E-state index is -4.67. The highest BCUT2D eigenvalue weighted by atomic mass is 19.4. The van der Waals surface area contributed by atoms with Crippen molar-refractivity contribution >= 4 is 0 Å². The largest absolute Gasteiger partial charge is 0.573 e. The second kappa shape index (κ2) is 8.97. The number of halogens is 4. The maximum Gasteiger partial charge on any atom is 0.573 e. The fraction of sp³-hybridized carbons (Fsp3) is 0.478. The van der Waals surface area contributed by atoms with Crippen LogP contribution in [-0.2, 0) is 25.7 Å². The Morgan fingerprint density at radius 1 is 1.04 bits per heavy atom. The summed E-state index contributed by atoms with van der Waals surface area (Å²) in [5.74, 6) is 0.134. The molecule has 0 amide bonds. The van der Waals surface area contributed by atoms with Crippen LogP contribution in [0.5, 0.6) is 5.75 Å². The fourth-order valence-electron chi connectivity index (χ4n) is 3.94. The number of benzene rings is 2. The van der Waals surface area contributed by atoms with Gasteiger partial charge in [0.05, 0.1) is 0 Å². The van der Waals surface area contributed by atoms with Gasteiger partial charge in [-0.25, -0.2) is 4.39 Å². The van der Waals surface area contributed by atoms with Crippen LogP contribution in [-0.4, -0.2) is 6.36 Å². The van der Waals surface area contributed by atoms with Crippen LogP contribution in [0, 0.1) is 11.7 Å². The minimum absolute atomic E-state index is 0.126. The lowest BCUT2D eigenvalue weighted by Gasteiger charge is -2.25. The van der Waals surface area contributed by atoms with Crippen LogP contribution in [0.25, 0.3) is 0 Å². The summed E-state index contributed by atoms with van der Waals surface area (Å²) in [6, 6.07) is 10.2. The summed E-state index contributed by atoms with van der Waals surface area (Å²) in [4.78, 5) is 0. The maximum absolute atomic E-state index is 14.3. The van der Waals surface area contributed by atoms with E-state index in [9.17, 15) is 17.6 Å². The third kappa shape index (κ3) is 5.73. The molecule has 1 unspecified atom stereocenters. The van der Waals surface area contributed by atoms with Gasteiger partial charge in [-0.1, -0.05) is 31.5 Å². The summed E-state index contributed by atoms with van der Waals surface area (Å²) >= 11 is 0. The molecule has 152 valence electrons. The molecule has 0 heterocycles. The van der Waals surface area contributed by atoms with E-state index in [1.54, 1.807) is 12.1 Å². The van der Waals surface area contributed by atoms with Crippen molar-refractivity contribution in [3.63, 3.8) is 0 Å². The summed E-state index contributed by atoms with van der Waals surface area (Å²) in [6.45, 7) is 2.12. The zero-order valence-corrected chi connectivity index (χ0v) is 16.1. The second-order valence-corrected chi connectivity index (χ2v) is 7.66. The van der Waals surface area contributed by atoms with Crippen LogP contribution in [0.15, 0.2) is 36.4 Å². The van der Waals surface area contributed by atoms with E-state index in [0.717, 1.165) is 67.2 Å². The van der Waals surface area contributed by atoms with Gasteiger partial charge in [-0.15, -0.1) is 13.2 Å². The maximum atomic E-state index is 14.3. The topological polar surface area (TPSA) is 9.23 Å². The first-order chi connectivity index (χ1) is 13.3. The van der Waals surface area contributed by atoms with Crippen LogP contribution in [0.4, 0.5) is 17.6 Å². The molecular weight excluding hydrogens is 368 g/mol. The van der Waals surface area contributed by atoms with Crippen molar-refractivity contribution in [2.75, 3.05) is 0 Å². The van der Waals surface area contributed by atoms with Crippen molar-refractivity contribution in [2.24, 2.45) is 5.92 Å². The molecule has 0 saturated carbocycles. The molecule has 1 aliphatic carbocycles. The number of hydrogen-bond donors (Lipinski definition) is 0. The minimum Gasteiger partial charge on any atom is -0.406 e. The average molecular weight is 394 g/mol. The molecule has 0 aliphatic heterocycles. The quantitative estimate of drug-likeness (QED) is 0.469. The molecule has 0 radical (unpaired) electrons. The van der Waals surface area contributed by atoms with Gasteiger partial charge in [-0.05, 0) is 91.3 Å². The highest BCUT2D eigenvalue weighted by Gasteiger charge is 2.31. The first-order valence-electron chi connectivity index (χ1n) is 9.99. The molecule has 0 bridgehead atoms. The van der Waals surface area contributed by atoms with E-state index in [1.165, 1.54) is 12.1 Å². The Balaban J connectivity index is 1.56. The van der Waals surface area contributed by atoms with E-state index in [0.29, 0.717) is 12.3 Å². The van der Waals surface area contributed by atoms with E-state index in [1.807, 2.05) is 12.1 Å². The van der Waals surface area contributed by atoms with Gasteiger partial charge in [0.2, 0.25) is 0 Å². The summed E-state index contributed by atoms with van der Waals surface area (Å²) < 4.78 is 55.4. The summed E-state index contributed by atoms with van der Waals surface area (Å²) in [6.07, 6.45) is 2.42. The summed E-state index contributed by atoms with van der Waals surface area (Å²) in [5, 5.41) is 0. The normalized spacial score (nSPS) is 16.7. The van der Waals surface area contributed by atoms with Gasteiger partial charge in [-0.3, -0.25) is 0 Å². The van der Waals surface area contributed by atoms with E-state index in [-0.39, 0.29) is 11.6 Å². The second-order valence-electron chi connectivity index (χ2n) is 7.66. The van der Waals surface area contributed by atoms with Crippen LogP contribution in [0.2, 0.25) is 0 Å². The van der Waals surface area contributed by atoms with Crippen molar-refractivity contribution in [1.29, 1.82) is 0 Å². The molecule has 28 heavy (non-hydrogen) atoms. The van der Waals surface area contributed by atoms with E-state index in [4.69, 9.17) is 0 Å². The summed E-state index contributed by atoms with van der Waals surface area (Å²) in [7, 11) is 0. The molecular formula is C23H26F4O. The van der Waals surface area contributed by atoms with Crippen molar-refractivity contribution in [2.45, 2.75) is 64.7 Å². The Bertz CT molecular complexity index is 798. The lowest BCUT2D eigenvalue weighted by atomic mass is 9.81. The molecule has 1 nitrogen and oxygen atoms in total. The van der Waals surface area contributed by atoms with Gasteiger partial charge in [0.1, 0.15) is 11.6 Å². The monoisotopic (exact) mass is 394 g/mol. The lowest BCUT2D eigenvalue weighted by Crippen LogP contribution is -2.19. The SMILES string of the molecule is CCCCc1ccc(CCC2CCc3cc(OC(F)(F)F)ccc3C2)c(F)c1. The highest BCUT2D eigenvalue weighted by Crippen LogP contribution is 2.32. The molecule has 5 heteroatoms. The molecule has 3 rings (SSSR count). The first kappa shape index (κ1) is 20.7. The van der Waals surface area contributed by atoms with Gasteiger partial charge in [0, 0.05) is 0 Å². The Labute approximate surface area is 163 Å². The van der Waals surface area contributed by atoms with Crippen LogP contribution in [0.3, 0.4) is 0 Å². The molecule has 1 atom stereocenters. The number of unbranched alkanes of at least 4 members (excludes halogenated alkanes) is 1. The van der Waals surface area contributed by atoms with E-state index < -0.39 is 6.36 Å². The van der Waals surface area contributed by atoms with Gasteiger partial charge >= 0.3 is 6.36 Å². The number of hydrogen-bond acceptors (Lipinski definition) is 1.